The molecule has 2 N–H and O–H groups in total. The van der Waals surface area contributed by atoms with Gasteiger partial charge in [0.25, 0.3) is 0 Å². The number of rotatable bonds is 2. The zero-order valence-electron chi connectivity index (χ0n) is 9.85. The Hall–Kier alpha value is -2.14. The van der Waals surface area contributed by atoms with E-state index in [0.717, 1.165) is 5.56 Å². The monoisotopic (exact) mass is 276 g/mol. The number of nitrogens with two attached hydrogens (primary N) is 1. The molecule has 0 fully saturated rings. The zero-order chi connectivity index (χ0) is 13.4. The number of halogens is 2. The van der Waals surface area contributed by atoms with Crippen molar-refractivity contribution < 1.29 is 4.39 Å². The predicted molar refractivity (Wildman–Crippen MR) is 72.5 cm³/mol. The van der Waals surface area contributed by atoms with Gasteiger partial charge in [-0.3, -0.25) is 4.98 Å². The lowest BCUT2D eigenvalue weighted by Gasteiger charge is -2.06. The lowest BCUT2D eigenvalue weighted by Crippen LogP contribution is -2.04. The van der Waals surface area contributed by atoms with Gasteiger partial charge in [0.2, 0.25) is 5.95 Å². The number of benzene rings is 1. The van der Waals surface area contributed by atoms with Gasteiger partial charge in [-0.05, 0) is 17.7 Å². The number of fused-ring (bicyclic) bond motifs is 1. The fourth-order valence-corrected chi connectivity index (χ4v) is 2.14. The second-order valence-corrected chi connectivity index (χ2v) is 4.58. The molecule has 19 heavy (non-hydrogen) atoms. The molecule has 3 aromatic rings. The zero-order valence-corrected chi connectivity index (χ0v) is 10.6. The van der Waals surface area contributed by atoms with Crippen molar-refractivity contribution in [3.05, 3.63) is 53.1 Å². The van der Waals surface area contributed by atoms with Crippen LogP contribution in [0.3, 0.4) is 0 Å². The maximum atomic E-state index is 13.6. The second-order valence-electron chi connectivity index (χ2n) is 4.17. The summed E-state index contributed by atoms with van der Waals surface area (Å²) in [5.41, 5.74) is 8.02. The van der Waals surface area contributed by atoms with E-state index in [9.17, 15) is 4.39 Å². The van der Waals surface area contributed by atoms with Gasteiger partial charge in [0.1, 0.15) is 5.82 Å². The normalized spacial score (nSPS) is 11.1. The molecule has 0 aliphatic rings. The molecule has 6 heteroatoms. The standard InChI is InChI=1S/C13H10ClFN4/c14-9-4-11-12(5-10(9)15)19(13(16)18-11)7-8-2-1-3-17-6-8/h1-6H,7H2,(H2,16,18). The van der Waals surface area contributed by atoms with Crippen LogP contribution in [-0.2, 0) is 6.54 Å². The van der Waals surface area contributed by atoms with Crippen molar-refractivity contribution >= 4 is 28.6 Å². The summed E-state index contributed by atoms with van der Waals surface area (Å²) in [7, 11) is 0. The van der Waals surface area contributed by atoms with Crippen LogP contribution in [0.1, 0.15) is 5.56 Å². The van der Waals surface area contributed by atoms with Crippen LogP contribution >= 0.6 is 11.6 Å². The highest BCUT2D eigenvalue weighted by atomic mass is 35.5. The Balaban J connectivity index is 2.13. The number of hydrogen-bond donors (Lipinski definition) is 1. The van der Waals surface area contributed by atoms with Gasteiger partial charge >= 0.3 is 0 Å². The van der Waals surface area contributed by atoms with E-state index in [1.165, 1.54) is 12.1 Å². The van der Waals surface area contributed by atoms with Crippen LogP contribution in [0.5, 0.6) is 0 Å². The Bertz CT molecular complexity index is 739. The number of aromatic nitrogens is 3. The van der Waals surface area contributed by atoms with Gasteiger partial charge in [-0.15, -0.1) is 0 Å². The Morgan fingerprint density at radius 1 is 1.37 bits per heavy atom. The maximum absolute atomic E-state index is 13.6. The van der Waals surface area contributed by atoms with E-state index >= 15 is 0 Å². The molecule has 2 heterocycles. The second kappa shape index (κ2) is 4.51. The summed E-state index contributed by atoms with van der Waals surface area (Å²) in [5, 5.41) is 0.0403. The van der Waals surface area contributed by atoms with Crippen molar-refractivity contribution in [2.45, 2.75) is 6.54 Å². The minimum Gasteiger partial charge on any atom is -0.369 e. The van der Waals surface area contributed by atoms with E-state index in [2.05, 4.69) is 9.97 Å². The van der Waals surface area contributed by atoms with E-state index in [1.54, 1.807) is 17.0 Å². The van der Waals surface area contributed by atoms with Gasteiger partial charge in [0.15, 0.2) is 0 Å². The minimum absolute atomic E-state index is 0.0403. The molecular formula is C13H10ClFN4. The van der Waals surface area contributed by atoms with Gasteiger partial charge < -0.3 is 10.3 Å². The van der Waals surface area contributed by atoms with Crippen LogP contribution in [0.25, 0.3) is 11.0 Å². The number of nitrogens with zero attached hydrogens (tertiary/aromatic N) is 3. The Morgan fingerprint density at radius 2 is 2.21 bits per heavy atom. The summed E-state index contributed by atoms with van der Waals surface area (Å²) in [6, 6.07) is 6.58. The third kappa shape index (κ3) is 2.13. The van der Waals surface area contributed by atoms with Crippen LogP contribution in [0.2, 0.25) is 5.02 Å². The smallest absolute Gasteiger partial charge is 0.201 e. The summed E-state index contributed by atoms with van der Waals surface area (Å²) in [6.07, 6.45) is 3.43. The Morgan fingerprint density at radius 3 is 2.95 bits per heavy atom. The third-order valence-corrected chi connectivity index (χ3v) is 3.17. The molecule has 0 amide bonds. The fraction of sp³-hybridized carbons (Fsp3) is 0.0769. The summed E-state index contributed by atoms with van der Waals surface area (Å²) < 4.78 is 15.3. The molecule has 4 nitrogen and oxygen atoms in total. The number of nitrogen functional groups attached to an aromatic ring is 1. The third-order valence-electron chi connectivity index (χ3n) is 2.88. The molecule has 1 aromatic carbocycles. The molecule has 0 aliphatic heterocycles. The molecule has 3 rings (SSSR count). The number of hydrogen-bond acceptors (Lipinski definition) is 3. The van der Waals surface area contributed by atoms with Crippen molar-refractivity contribution in [1.82, 2.24) is 14.5 Å². The van der Waals surface area contributed by atoms with Gasteiger partial charge in [-0.2, -0.15) is 0 Å². The van der Waals surface area contributed by atoms with Gasteiger partial charge in [-0.1, -0.05) is 17.7 Å². The molecule has 0 saturated carbocycles. The quantitative estimate of drug-likeness (QED) is 0.783. The van der Waals surface area contributed by atoms with Crippen LogP contribution < -0.4 is 5.73 Å². The van der Waals surface area contributed by atoms with Crippen LogP contribution in [0.4, 0.5) is 10.3 Å². The number of pyridine rings is 1. The molecule has 96 valence electrons. The number of anilines is 1. The van der Waals surface area contributed by atoms with Gasteiger partial charge in [0, 0.05) is 18.5 Å². The Kier molecular flexibility index (Phi) is 2.83. The maximum Gasteiger partial charge on any atom is 0.201 e. The fourth-order valence-electron chi connectivity index (χ4n) is 1.98. The van der Waals surface area contributed by atoms with Crippen molar-refractivity contribution in [2.75, 3.05) is 5.73 Å². The topological polar surface area (TPSA) is 56.7 Å². The molecule has 0 spiro atoms. The van der Waals surface area contributed by atoms with E-state index in [4.69, 9.17) is 17.3 Å². The number of imidazole rings is 1. The largest absolute Gasteiger partial charge is 0.369 e. The predicted octanol–water partition coefficient (Wildman–Crippen LogP) is 2.85. The average Bonchev–Trinajstić information content (AvgIpc) is 2.68. The summed E-state index contributed by atoms with van der Waals surface area (Å²) in [5.74, 6) is -0.165. The first-order chi connectivity index (χ1) is 9.15. The minimum atomic E-state index is -0.485. The van der Waals surface area contributed by atoms with E-state index in [-0.39, 0.29) is 5.02 Å². The first kappa shape index (κ1) is 11.9. The summed E-state index contributed by atoms with van der Waals surface area (Å²) in [6.45, 7) is 0.483. The molecule has 2 aromatic heterocycles. The van der Waals surface area contributed by atoms with Crippen molar-refractivity contribution in [3.63, 3.8) is 0 Å². The van der Waals surface area contributed by atoms with Crippen molar-refractivity contribution in [3.8, 4) is 0 Å². The van der Waals surface area contributed by atoms with Gasteiger partial charge in [0.05, 0.1) is 22.6 Å². The molecule has 0 saturated heterocycles. The van der Waals surface area contributed by atoms with E-state index in [1.807, 2.05) is 12.1 Å². The average molecular weight is 277 g/mol. The van der Waals surface area contributed by atoms with E-state index in [0.29, 0.717) is 23.5 Å². The van der Waals surface area contributed by atoms with Crippen LogP contribution in [0.15, 0.2) is 36.7 Å². The lowest BCUT2D eigenvalue weighted by atomic mass is 10.2. The first-order valence-corrected chi connectivity index (χ1v) is 6.02. The molecule has 0 bridgehead atoms. The highest BCUT2D eigenvalue weighted by Gasteiger charge is 2.12. The first-order valence-electron chi connectivity index (χ1n) is 5.65. The van der Waals surface area contributed by atoms with Crippen LogP contribution in [0, 0.1) is 5.82 Å². The SMILES string of the molecule is Nc1nc2cc(Cl)c(F)cc2n1Cc1cccnc1. The highest BCUT2D eigenvalue weighted by molar-refractivity contribution is 6.31. The molecule has 0 aliphatic carbocycles. The summed E-state index contributed by atoms with van der Waals surface area (Å²) in [4.78, 5) is 8.22. The van der Waals surface area contributed by atoms with E-state index < -0.39 is 5.82 Å². The molecule has 0 unspecified atom stereocenters. The van der Waals surface area contributed by atoms with Crippen molar-refractivity contribution in [1.29, 1.82) is 0 Å². The highest BCUT2D eigenvalue weighted by Crippen LogP contribution is 2.25. The Labute approximate surface area is 113 Å². The van der Waals surface area contributed by atoms with Crippen LogP contribution in [-0.4, -0.2) is 14.5 Å². The lowest BCUT2D eigenvalue weighted by molar-refractivity contribution is 0.629. The van der Waals surface area contributed by atoms with Gasteiger partial charge in [-0.25, -0.2) is 9.37 Å². The van der Waals surface area contributed by atoms with Crippen molar-refractivity contribution in [2.24, 2.45) is 0 Å². The molecular weight excluding hydrogens is 267 g/mol. The molecule has 0 atom stereocenters. The molecule has 0 radical (unpaired) electrons. The summed E-state index contributed by atoms with van der Waals surface area (Å²) >= 11 is 5.73.